The fraction of sp³-hybridized carbons (Fsp3) is 0.300. The number of fused-ring (bicyclic) bond motifs is 1. The molecule has 0 radical (unpaired) electrons. The number of Topliss-reactive ketones (excluding diaryl/α,β-unsaturated/α-hetero) is 1. The lowest BCUT2D eigenvalue weighted by molar-refractivity contribution is -0.118. The molecule has 27 heavy (non-hydrogen) atoms. The summed E-state index contributed by atoms with van der Waals surface area (Å²) < 4.78 is 1.64. The SMILES string of the molecule is CC1(C)CC(=O)C2=C(C1)Nc1c(C#N)cnn1C2c1ccc(C(=O)O)cc1. The number of carboxylic acids is 1. The summed E-state index contributed by atoms with van der Waals surface area (Å²) in [5, 5.41) is 26.1. The van der Waals surface area contributed by atoms with Gasteiger partial charge in [0.2, 0.25) is 0 Å². The maximum absolute atomic E-state index is 13.0. The number of carboxylic acid groups (broad SMARTS) is 1. The number of hydrogen-bond donors (Lipinski definition) is 2. The average Bonchev–Trinajstić information content (AvgIpc) is 3.01. The zero-order valence-electron chi connectivity index (χ0n) is 15.0. The molecular weight excluding hydrogens is 344 g/mol. The highest BCUT2D eigenvalue weighted by atomic mass is 16.4. The molecule has 1 unspecified atom stereocenters. The zero-order chi connectivity index (χ0) is 19.3. The minimum atomic E-state index is -1.01. The number of nitrogens with zero attached hydrogens (tertiary/aromatic N) is 3. The molecule has 0 amide bonds. The molecule has 4 rings (SSSR count). The minimum absolute atomic E-state index is 0.0423. The van der Waals surface area contributed by atoms with Crippen molar-refractivity contribution >= 4 is 17.6 Å². The molecule has 0 spiro atoms. The third-order valence-corrected chi connectivity index (χ3v) is 5.10. The van der Waals surface area contributed by atoms with Crippen LogP contribution in [0.1, 0.15) is 54.2 Å². The van der Waals surface area contributed by atoms with Crippen molar-refractivity contribution in [2.75, 3.05) is 5.32 Å². The van der Waals surface area contributed by atoms with E-state index < -0.39 is 12.0 Å². The van der Waals surface area contributed by atoms with Gasteiger partial charge in [0, 0.05) is 17.7 Å². The highest BCUT2D eigenvalue weighted by molar-refractivity contribution is 6.00. The van der Waals surface area contributed by atoms with Gasteiger partial charge >= 0.3 is 5.97 Å². The number of aromatic carboxylic acids is 1. The zero-order valence-corrected chi connectivity index (χ0v) is 15.0. The molecule has 7 nitrogen and oxygen atoms in total. The lowest BCUT2D eigenvalue weighted by Gasteiger charge is -2.38. The van der Waals surface area contributed by atoms with Crippen LogP contribution in [0.5, 0.6) is 0 Å². The Labute approximate surface area is 155 Å². The molecule has 1 aliphatic carbocycles. The quantitative estimate of drug-likeness (QED) is 0.850. The number of rotatable bonds is 2. The first-order valence-electron chi connectivity index (χ1n) is 8.65. The van der Waals surface area contributed by atoms with E-state index in [4.69, 9.17) is 5.11 Å². The van der Waals surface area contributed by atoms with Gasteiger partial charge in [-0.3, -0.25) is 4.79 Å². The molecule has 0 fully saturated rings. The molecule has 0 saturated carbocycles. The van der Waals surface area contributed by atoms with E-state index in [1.165, 1.54) is 18.3 Å². The normalized spacial score (nSPS) is 20.3. The Hall–Kier alpha value is -3.40. The second-order valence-corrected chi connectivity index (χ2v) is 7.75. The first-order chi connectivity index (χ1) is 12.8. The summed E-state index contributed by atoms with van der Waals surface area (Å²) in [5.74, 6) is -0.399. The molecular formula is C20H18N4O3. The van der Waals surface area contributed by atoms with Crippen LogP contribution in [-0.2, 0) is 4.79 Å². The van der Waals surface area contributed by atoms with Gasteiger partial charge in [0.15, 0.2) is 5.78 Å². The topological polar surface area (TPSA) is 108 Å². The van der Waals surface area contributed by atoms with Crippen LogP contribution >= 0.6 is 0 Å². The molecule has 136 valence electrons. The van der Waals surface area contributed by atoms with E-state index in [0.717, 1.165) is 11.3 Å². The summed E-state index contributed by atoms with van der Waals surface area (Å²) in [4.78, 5) is 24.1. The van der Waals surface area contributed by atoms with Crippen LogP contribution in [0.15, 0.2) is 41.7 Å². The van der Waals surface area contributed by atoms with Gasteiger partial charge in [0.05, 0.1) is 11.8 Å². The standard InChI is InChI=1S/C20H18N4O3/c1-20(2)7-14-16(15(25)8-20)17(11-3-5-12(6-4-11)19(26)27)24-18(23-14)13(9-21)10-22-24/h3-6,10,17,23H,7-8H2,1-2H3,(H,26,27). The number of benzene rings is 1. The van der Waals surface area contributed by atoms with Crippen LogP contribution in [0.25, 0.3) is 0 Å². The van der Waals surface area contributed by atoms with Crippen molar-refractivity contribution in [2.24, 2.45) is 5.41 Å². The first-order valence-corrected chi connectivity index (χ1v) is 8.65. The molecule has 0 bridgehead atoms. The van der Waals surface area contributed by atoms with Crippen LogP contribution < -0.4 is 5.32 Å². The monoisotopic (exact) mass is 362 g/mol. The van der Waals surface area contributed by atoms with E-state index in [2.05, 4.69) is 16.5 Å². The third kappa shape index (κ3) is 2.70. The molecule has 0 saturated heterocycles. The molecule has 1 aromatic heterocycles. The van der Waals surface area contributed by atoms with E-state index in [1.54, 1.807) is 16.8 Å². The summed E-state index contributed by atoms with van der Waals surface area (Å²) in [6.07, 6.45) is 2.60. The number of nitriles is 1. The van der Waals surface area contributed by atoms with Gasteiger partial charge < -0.3 is 10.4 Å². The molecule has 1 aliphatic heterocycles. The summed E-state index contributed by atoms with van der Waals surface area (Å²) in [5.41, 5.74) is 2.62. The Morgan fingerprint density at radius 1 is 1.33 bits per heavy atom. The third-order valence-electron chi connectivity index (χ3n) is 5.10. The summed E-state index contributed by atoms with van der Waals surface area (Å²) in [7, 11) is 0. The number of allylic oxidation sites excluding steroid dienone is 2. The van der Waals surface area contributed by atoms with E-state index in [0.29, 0.717) is 29.8 Å². The van der Waals surface area contributed by atoms with Crippen molar-refractivity contribution in [2.45, 2.75) is 32.7 Å². The van der Waals surface area contributed by atoms with Gasteiger partial charge in [-0.1, -0.05) is 26.0 Å². The fourth-order valence-corrected chi connectivity index (χ4v) is 3.91. The predicted octanol–water partition coefficient (Wildman–Crippen LogP) is 3.11. The second-order valence-electron chi connectivity index (χ2n) is 7.75. The molecule has 2 heterocycles. The fourth-order valence-electron chi connectivity index (χ4n) is 3.91. The van der Waals surface area contributed by atoms with Crippen molar-refractivity contribution in [1.82, 2.24) is 9.78 Å². The Morgan fingerprint density at radius 3 is 2.67 bits per heavy atom. The van der Waals surface area contributed by atoms with Crippen LogP contribution in [0, 0.1) is 16.7 Å². The number of nitrogens with one attached hydrogen (secondary N) is 1. The summed E-state index contributed by atoms with van der Waals surface area (Å²) in [6.45, 7) is 4.09. The van der Waals surface area contributed by atoms with Crippen molar-refractivity contribution < 1.29 is 14.7 Å². The van der Waals surface area contributed by atoms with Crippen molar-refractivity contribution in [3.63, 3.8) is 0 Å². The van der Waals surface area contributed by atoms with Gasteiger partial charge in [-0.25, -0.2) is 9.48 Å². The number of anilines is 1. The second kappa shape index (κ2) is 5.81. The molecule has 7 heteroatoms. The van der Waals surface area contributed by atoms with E-state index in [9.17, 15) is 14.9 Å². The minimum Gasteiger partial charge on any atom is -0.478 e. The highest BCUT2D eigenvalue weighted by Crippen LogP contribution is 2.46. The van der Waals surface area contributed by atoms with E-state index in [-0.39, 0.29) is 16.8 Å². The highest BCUT2D eigenvalue weighted by Gasteiger charge is 2.41. The Morgan fingerprint density at radius 2 is 2.04 bits per heavy atom. The molecule has 1 atom stereocenters. The molecule has 2 aliphatic rings. The van der Waals surface area contributed by atoms with Crippen LogP contribution in [0.2, 0.25) is 0 Å². The lowest BCUT2D eigenvalue weighted by Crippen LogP contribution is -2.36. The number of ketones is 1. The van der Waals surface area contributed by atoms with Gasteiger partial charge in [-0.15, -0.1) is 0 Å². The van der Waals surface area contributed by atoms with E-state index >= 15 is 0 Å². The molecule has 2 aromatic rings. The summed E-state index contributed by atoms with van der Waals surface area (Å²) in [6, 6.07) is 8.09. The van der Waals surface area contributed by atoms with Gasteiger partial charge in [-0.05, 0) is 29.5 Å². The summed E-state index contributed by atoms with van der Waals surface area (Å²) >= 11 is 0. The Bertz CT molecular complexity index is 1040. The average molecular weight is 362 g/mol. The predicted molar refractivity (Wildman–Crippen MR) is 97.2 cm³/mol. The number of aromatic nitrogens is 2. The van der Waals surface area contributed by atoms with E-state index in [1.807, 2.05) is 13.8 Å². The Kier molecular flexibility index (Phi) is 3.67. The van der Waals surface area contributed by atoms with Gasteiger partial charge in [0.1, 0.15) is 23.5 Å². The van der Waals surface area contributed by atoms with Crippen molar-refractivity contribution in [3.8, 4) is 6.07 Å². The number of carbonyl (C=O) groups is 2. The maximum Gasteiger partial charge on any atom is 0.335 e. The number of hydrogen-bond acceptors (Lipinski definition) is 5. The first kappa shape index (κ1) is 17.0. The smallest absolute Gasteiger partial charge is 0.335 e. The van der Waals surface area contributed by atoms with Gasteiger partial charge in [-0.2, -0.15) is 10.4 Å². The van der Waals surface area contributed by atoms with Gasteiger partial charge in [0.25, 0.3) is 0 Å². The van der Waals surface area contributed by atoms with Crippen LogP contribution in [-0.4, -0.2) is 26.6 Å². The lowest BCUT2D eigenvalue weighted by atomic mass is 9.73. The number of carbonyl (C=O) groups excluding carboxylic acids is 1. The molecule has 2 N–H and O–H groups in total. The van der Waals surface area contributed by atoms with Crippen LogP contribution in [0.3, 0.4) is 0 Å². The maximum atomic E-state index is 13.0. The molecule has 1 aromatic carbocycles. The van der Waals surface area contributed by atoms with Crippen LogP contribution in [0.4, 0.5) is 5.82 Å². The van der Waals surface area contributed by atoms with Crippen molar-refractivity contribution in [1.29, 1.82) is 5.26 Å². The van der Waals surface area contributed by atoms with Crippen molar-refractivity contribution in [3.05, 3.63) is 58.4 Å². The largest absolute Gasteiger partial charge is 0.478 e. The Balaban J connectivity index is 1.90.